The van der Waals surface area contributed by atoms with Gasteiger partial charge in [0.05, 0.1) is 18.8 Å². The fourth-order valence-corrected chi connectivity index (χ4v) is 5.52. The van der Waals surface area contributed by atoms with E-state index in [4.69, 9.17) is 18.9 Å². The van der Waals surface area contributed by atoms with Crippen molar-refractivity contribution in [3.8, 4) is 0 Å². The summed E-state index contributed by atoms with van der Waals surface area (Å²) < 4.78 is 22.5. The smallest absolute Gasteiger partial charge is 0.307 e. The first-order chi connectivity index (χ1) is 18.0. The van der Waals surface area contributed by atoms with Crippen LogP contribution in [0.1, 0.15) is 68.2 Å². The van der Waals surface area contributed by atoms with Crippen LogP contribution in [0.3, 0.4) is 0 Å². The molecule has 0 amide bonds. The van der Waals surface area contributed by atoms with Gasteiger partial charge in [-0.15, -0.1) is 0 Å². The molecular weight excluding hydrogens is 512 g/mol. The third-order valence-corrected chi connectivity index (χ3v) is 7.37. The van der Waals surface area contributed by atoms with Crippen molar-refractivity contribution in [2.24, 2.45) is 11.3 Å². The van der Waals surface area contributed by atoms with Crippen LogP contribution < -0.4 is 0 Å². The topological polar surface area (TPSA) is 166 Å². The molecule has 0 heterocycles. The molecule has 0 aliphatic heterocycles. The predicted octanol–water partition coefficient (Wildman–Crippen LogP) is 2.03. The van der Waals surface area contributed by atoms with E-state index in [-0.39, 0.29) is 29.7 Å². The van der Waals surface area contributed by atoms with Crippen molar-refractivity contribution < 1.29 is 53.4 Å². The third kappa shape index (κ3) is 7.55. The zero-order chi connectivity index (χ0) is 29.8. The Hall–Kier alpha value is -3.02. The molecule has 0 radical (unpaired) electrons. The fraction of sp³-hybridized carbons (Fsp3) is 0.643. The summed E-state index contributed by atoms with van der Waals surface area (Å²) in [7, 11) is 0. The molecule has 0 unspecified atom stereocenters. The van der Waals surface area contributed by atoms with Crippen LogP contribution in [-0.4, -0.2) is 76.3 Å². The van der Waals surface area contributed by atoms with Gasteiger partial charge in [0.25, 0.3) is 0 Å². The summed E-state index contributed by atoms with van der Waals surface area (Å²) in [5.41, 5.74) is 0.209. The van der Waals surface area contributed by atoms with Gasteiger partial charge in [0.2, 0.25) is 0 Å². The number of esters is 4. The molecule has 0 saturated heterocycles. The minimum absolute atomic E-state index is 0.107. The summed E-state index contributed by atoms with van der Waals surface area (Å²) >= 11 is 0. The summed E-state index contributed by atoms with van der Waals surface area (Å²) in [6.45, 7) is 10.9. The summed E-state index contributed by atoms with van der Waals surface area (Å²) in [5, 5.41) is 32.4. The molecule has 2 rings (SSSR count). The quantitative estimate of drug-likeness (QED) is 0.259. The maximum absolute atomic E-state index is 12.4. The van der Waals surface area contributed by atoms with E-state index >= 15 is 0 Å². The Morgan fingerprint density at radius 3 is 1.90 bits per heavy atom. The average Bonchev–Trinajstić information content (AvgIpc) is 2.79. The van der Waals surface area contributed by atoms with E-state index in [1.165, 1.54) is 33.8 Å². The molecule has 3 N–H and O–H groups in total. The van der Waals surface area contributed by atoms with Gasteiger partial charge in [0, 0.05) is 45.6 Å². The van der Waals surface area contributed by atoms with E-state index in [0.29, 0.717) is 11.1 Å². The minimum Gasteiger partial charge on any atom is -0.458 e. The molecule has 2 aliphatic rings. The van der Waals surface area contributed by atoms with Gasteiger partial charge in [-0.1, -0.05) is 13.8 Å². The van der Waals surface area contributed by atoms with Crippen molar-refractivity contribution in [1.29, 1.82) is 0 Å². The van der Waals surface area contributed by atoms with Gasteiger partial charge in [-0.25, -0.2) is 0 Å². The molecule has 11 nitrogen and oxygen atoms in total. The van der Waals surface area contributed by atoms with E-state index in [0.717, 1.165) is 6.92 Å². The molecule has 39 heavy (non-hydrogen) atoms. The second-order valence-electron chi connectivity index (χ2n) is 10.6. The van der Waals surface area contributed by atoms with Gasteiger partial charge in [0.15, 0.2) is 11.9 Å². The lowest BCUT2D eigenvalue weighted by Gasteiger charge is -2.48. The standard InChI is InChI=1S/C28H40O11/c1-13-21(34)10-20-24(37-16(4)31)9-19(12-29)22(35)11-23(36-15(3)30)14(2)26(38-17(5)32)27(39-18(6)33)25(13)28(20,7)8/h9,20-24,27,29,34-35H,10-12H2,1-8H3/b19-9+,26-14-/t20-,21-,22-,23-,24-,27+/m0/s1. The second-order valence-corrected chi connectivity index (χ2v) is 10.6. The Morgan fingerprint density at radius 2 is 1.41 bits per heavy atom. The number of fused-ring (bicyclic) bond motifs is 2. The summed E-state index contributed by atoms with van der Waals surface area (Å²) in [5.74, 6) is -3.52. The average molecular weight is 553 g/mol. The number of hydrogen-bond donors (Lipinski definition) is 3. The van der Waals surface area contributed by atoms with Crippen LogP contribution in [0.4, 0.5) is 0 Å². The number of aliphatic hydroxyl groups is 3. The minimum atomic E-state index is -1.37. The predicted molar refractivity (Wildman–Crippen MR) is 138 cm³/mol. The Labute approximate surface area is 228 Å². The van der Waals surface area contributed by atoms with E-state index in [1.807, 2.05) is 13.8 Å². The molecule has 0 aromatic carbocycles. The highest BCUT2D eigenvalue weighted by Crippen LogP contribution is 2.51. The Kier molecular flexibility index (Phi) is 10.6. The molecular formula is C28H40O11. The number of carbonyl (C=O) groups is 4. The van der Waals surface area contributed by atoms with Crippen molar-refractivity contribution in [2.75, 3.05) is 6.61 Å². The van der Waals surface area contributed by atoms with Crippen molar-refractivity contribution in [3.63, 3.8) is 0 Å². The van der Waals surface area contributed by atoms with Crippen LogP contribution in [0.15, 0.2) is 34.1 Å². The first kappa shape index (κ1) is 32.2. The van der Waals surface area contributed by atoms with Crippen molar-refractivity contribution in [3.05, 3.63) is 34.1 Å². The summed E-state index contributed by atoms with van der Waals surface area (Å²) in [4.78, 5) is 48.9. The fourth-order valence-electron chi connectivity index (χ4n) is 5.52. The number of hydrogen-bond acceptors (Lipinski definition) is 11. The lowest BCUT2D eigenvalue weighted by molar-refractivity contribution is -0.153. The zero-order valence-electron chi connectivity index (χ0n) is 23.8. The monoisotopic (exact) mass is 552 g/mol. The largest absolute Gasteiger partial charge is 0.458 e. The highest BCUT2D eigenvalue weighted by atomic mass is 16.6. The maximum atomic E-state index is 12.4. The van der Waals surface area contributed by atoms with Crippen molar-refractivity contribution in [1.82, 2.24) is 0 Å². The second kappa shape index (κ2) is 12.9. The normalized spacial score (nSPS) is 32.5. The van der Waals surface area contributed by atoms with Crippen LogP contribution in [0, 0.1) is 11.3 Å². The SMILES string of the molecule is CC(=O)O/C1=C(/C)[C@@H](OC(C)=O)C[C@H](O)/C(CO)=C/[C@H](OC(C)=O)[C@@H]2C[C@H](O)C(C)=C([C@H]1OC(C)=O)C2(C)C. The molecule has 218 valence electrons. The number of aliphatic hydroxyl groups excluding tert-OH is 3. The van der Waals surface area contributed by atoms with Gasteiger partial charge < -0.3 is 34.3 Å². The lowest BCUT2D eigenvalue weighted by Crippen LogP contribution is -2.48. The van der Waals surface area contributed by atoms with Gasteiger partial charge >= 0.3 is 23.9 Å². The molecule has 11 heteroatoms. The molecule has 6 atom stereocenters. The van der Waals surface area contributed by atoms with E-state index in [1.54, 1.807) is 6.92 Å². The van der Waals surface area contributed by atoms with E-state index in [9.17, 15) is 34.5 Å². The van der Waals surface area contributed by atoms with Crippen LogP contribution in [0.5, 0.6) is 0 Å². The lowest BCUT2D eigenvalue weighted by atomic mass is 9.60. The maximum Gasteiger partial charge on any atom is 0.307 e. The van der Waals surface area contributed by atoms with Crippen LogP contribution in [0.2, 0.25) is 0 Å². The molecule has 0 aromatic heterocycles. The van der Waals surface area contributed by atoms with Crippen molar-refractivity contribution >= 4 is 23.9 Å². The highest BCUT2D eigenvalue weighted by Gasteiger charge is 2.50. The molecule has 0 fully saturated rings. The molecule has 2 bridgehead atoms. The zero-order valence-corrected chi connectivity index (χ0v) is 23.8. The third-order valence-electron chi connectivity index (χ3n) is 7.37. The summed E-state index contributed by atoms with van der Waals surface area (Å²) in [6.07, 6.45) is -4.60. The molecule has 2 aliphatic carbocycles. The van der Waals surface area contributed by atoms with Crippen LogP contribution >= 0.6 is 0 Å². The first-order valence-electron chi connectivity index (χ1n) is 12.8. The van der Waals surface area contributed by atoms with Gasteiger partial charge in [0.1, 0.15) is 12.2 Å². The Morgan fingerprint density at radius 1 is 0.846 bits per heavy atom. The summed E-state index contributed by atoms with van der Waals surface area (Å²) in [6, 6.07) is 0. The molecule has 0 saturated carbocycles. The molecule has 0 spiro atoms. The van der Waals surface area contributed by atoms with Crippen LogP contribution in [0.25, 0.3) is 0 Å². The van der Waals surface area contributed by atoms with Crippen molar-refractivity contribution in [2.45, 2.75) is 98.8 Å². The van der Waals surface area contributed by atoms with Crippen LogP contribution in [-0.2, 0) is 38.1 Å². The van der Waals surface area contributed by atoms with Gasteiger partial charge in [-0.3, -0.25) is 19.2 Å². The number of rotatable bonds is 5. The van der Waals surface area contributed by atoms with E-state index < -0.39 is 72.3 Å². The molecule has 0 aromatic rings. The number of carbonyl (C=O) groups excluding carboxylic acids is 4. The number of ether oxygens (including phenoxy) is 4. The van der Waals surface area contributed by atoms with Gasteiger partial charge in [-0.2, -0.15) is 0 Å². The highest BCUT2D eigenvalue weighted by molar-refractivity contribution is 5.70. The van der Waals surface area contributed by atoms with E-state index in [2.05, 4.69) is 0 Å². The Bertz CT molecular complexity index is 1080. The van der Waals surface area contributed by atoms with Gasteiger partial charge in [-0.05, 0) is 48.5 Å². The first-order valence-corrected chi connectivity index (χ1v) is 12.8. The Balaban J connectivity index is 3.05.